The van der Waals surface area contributed by atoms with E-state index in [9.17, 15) is 9.59 Å². The summed E-state index contributed by atoms with van der Waals surface area (Å²) in [6, 6.07) is -0.346. The smallest absolute Gasteiger partial charge is 0.410 e. The van der Waals surface area contributed by atoms with Gasteiger partial charge in [-0.1, -0.05) is 0 Å². The molecule has 1 aliphatic carbocycles. The van der Waals surface area contributed by atoms with Gasteiger partial charge in [-0.3, -0.25) is 9.69 Å². The first kappa shape index (κ1) is 13.3. The summed E-state index contributed by atoms with van der Waals surface area (Å²) in [6.45, 7) is 7.32. The summed E-state index contributed by atoms with van der Waals surface area (Å²) in [4.78, 5) is 25.8. The number of Topliss-reactive ketones (excluding diaryl/α,β-unsaturated/α-hetero) is 1. The molecule has 0 spiro atoms. The molecule has 102 valence electrons. The summed E-state index contributed by atoms with van der Waals surface area (Å²) in [5.41, 5.74) is -0.519. The van der Waals surface area contributed by atoms with Crippen LogP contribution in [0.25, 0.3) is 0 Å². The van der Waals surface area contributed by atoms with Crippen molar-refractivity contribution >= 4 is 11.9 Å². The number of carbonyl (C=O) groups is 2. The Hall–Kier alpha value is -1.10. The second kappa shape index (κ2) is 4.88. The normalized spacial score (nSPS) is 24.8. The molecule has 0 bridgehead atoms. The number of hydrogen-bond donors (Lipinski definition) is 1. The SMILES string of the molecule is CC(C)(C)OC(=O)N1CCNCC1C(=O)C1CC1. The molecule has 5 heteroatoms. The summed E-state index contributed by atoms with van der Waals surface area (Å²) < 4.78 is 5.36. The summed E-state index contributed by atoms with van der Waals surface area (Å²) in [6.07, 6.45) is 1.57. The highest BCUT2D eigenvalue weighted by molar-refractivity contribution is 5.91. The second-order valence-electron chi connectivity index (χ2n) is 6.07. The number of piperazine rings is 1. The minimum atomic E-state index is -0.519. The van der Waals surface area contributed by atoms with Crippen LogP contribution in [-0.2, 0) is 9.53 Å². The summed E-state index contributed by atoms with van der Waals surface area (Å²) in [7, 11) is 0. The zero-order valence-corrected chi connectivity index (χ0v) is 11.4. The van der Waals surface area contributed by atoms with E-state index in [0.717, 1.165) is 12.8 Å². The summed E-state index contributed by atoms with van der Waals surface area (Å²) in [5, 5.41) is 3.18. The van der Waals surface area contributed by atoms with Crippen molar-refractivity contribution in [2.45, 2.75) is 45.3 Å². The maximum absolute atomic E-state index is 12.2. The lowest BCUT2D eigenvalue weighted by Gasteiger charge is -2.36. The third kappa shape index (κ3) is 3.22. The molecule has 1 N–H and O–H groups in total. The molecule has 2 aliphatic rings. The van der Waals surface area contributed by atoms with Crippen molar-refractivity contribution < 1.29 is 14.3 Å². The number of nitrogens with one attached hydrogen (secondary N) is 1. The molecular weight excluding hydrogens is 232 g/mol. The number of nitrogens with zero attached hydrogens (tertiary/aromatic N) is 1. The topological polar surface area (TPSA) is 58.6 Å². The van der Waals surface area contributed by atoms with E-state index in [2.05, 4.69) is 5.32 Å². The Balaban J connectivity index is 2.02. The van der Waals surface area contributed by atoms with Gasteiger partial charge in [0.1, 0.15) is 11.6 Å². The van der Waals surface area contributed by atoms with Crippen LogP contribution < -0.4 is 5.32 Å². The number of ketones is 1. The molecule has 0 radical (unpaired) electrons. The maximum Gasteiger partial charge on any atom is 0.410 e. The highest BCUT2D eigenvalue weighted by atomic mass is 16.6. The first-order valence-electron chi connectivity index (χ1n) is 6.62. The van der Waals surface area contributed by atoms with Crippen molar-refractivity contribution in [3.05, 3.63) is 0 Å². The lowest BCUT2D eigenvalue weighted by Crippen LogP contribution is -2.58. The number of rotatable bonds is 2. The van der Waals surface area contributed by atoms with Gasteiger partial charge in [0.05, 0.1) is 0 Å². The van der Waals surface area contributed by atoms with Crippen molar-refractivity contribution in [1.82, 2.24) is 10.2 Å². The van der Waals surface area contributed by atoms with Crippen LogP contribution in [0.4, 0.5) is 4.79 Å². The van der Waals surface area contributed by atoms with E-state index in [0.29, 0.717) is 19.6 Å². The van der Waals surface area contributed by atoms with Crippen LogP contribution >= 0.6 is 0 Å². The van der Waals surface area contributed by atoms with Gasteiger partial charge in [0.25, 0.3) is 0 Å². The molecule has 1 aliphatic heterocycles. The van der Waals surface area contributed by atoms with E-state index < -0.39 is 5.60 Å². The predicted octanol–water partition coefficient (Wildman–Crippen LogP) is 1.17. The minimum absolute atomic E-state index is 0.167. The molecule has 2 fully saturated rings. The average Bonchev–Trinajstić information content (AvgIpc) is 3.09. The van der Waals surface area contributed by atoms with Gasteiger partial charge in [0.2, 0.25) is 0 Å². The molecule has 2 rings (SSSR count). The van der Waals surface area contributed by atoms with Gasteiger partial charge in [-0.05, 0) is 33.6 Å². The Kier molecular flexibility index (Phi) is 3.61. The molecule has 0 aromatic carbocycles. The zero-order valence-electron chi connectivity index (χ0n) is 11.4. The van der Waals surface area contributed by atoms with Gasteiger partial charge < -0.3 is 10.1 Å². The van der Waals surface area contributed by atoms with E-state index in [4.69, 9.17) is 4.74 Å². The fourth-order valence-electron chi connectivity index (χ4n) is 2.14. The highest BCUT2D eigenvalue weighted by Gasteiger charge is 2.41. The zero-order chi connectivity index (χ0) is 13.3. The number of ether oxygens (including phenoxy) is 1. The Morgan fingerprint density at radius 1 is 1.28 bits per heavy atom. The first-order chi connectivity index (χ1) is 8.38. The lowest BCUT2D eigenvalue weighted by atomic mass is 10.1. The fourth-order valence-corrected chi connectivity index (χ4v) is 2.14. The monoisotopic (exact) mass is 254 g/mol. The fraction of sp³-hybridized carbons (Fsp3) is 0.846. The van der Waals surface area contributed by atoms with E-state index in [1.807, 2.05) is 20.8 Å². The van der Waals surface area contributed by atoms with Gasteiger partial charge >= 0.3 is 6.09 Å². The maximum atomic E-state index is 12.2. The van der Waals surface area contributed by atoms with E-state index in [1.54, 1.807) is 4.90 Å². The molecule has 1 heterocycles. The molecule has 5 nitrogen and oxygen atoms in total. The summed E-state index contributed by atoms with van der Waals surface area (Å²) >= 11 is 0. The summed E-state index contributed by atoms with van der Waals surface area (Å²) in [5.74, 6) is 0.355. The third-order valence-electron chi connectivity index (χ3n) is 3.18. The Morgan fingerprint density at radius 2 is 1.94 bits per heavy atom. The van der Waals surface area contributed by atoms with Crippen LogP contribution in [-0.4, -0.2) is 48.1 Å². The van der Waals surface area contributed by atoms with Crippen LogP contribution in [0.2, 0.25) is 0 Å². The van der Waals surface area contributed by atoms with Crippen LogP contribution in [0.5, 0.6) is 0 Å². The Morgan fingerprint density at radius 3 is 2.50 bits per heavy atom. The largest absolute Gasteiger partial charge is 0.444 e. The van der Waals surface area contributed by atoms with Crippen molar-refractivity contribution in [1.29, 1.82) is 0 Å². The molecule has 1 atom stereocenters. The molecule has 18 heavy (non-hydrogen) atoms. The number of carbonyl (C=O) groups excluding carboxylic acids is 2. The number of amides is 1. The minimum Gasteiger partial charge on any atom is -0.444 e. The van der Waals surface area contributed by atoms with Gasteiger partial charge in [-0.2, -0.15) is 0 Å². The molecule has 1 amide bonds. The second-order valence-corrected chi connectivity index (χ2v) is 6.07. The third-order valence-corrected chi connectivity index (χ3v) is 3.18. The van der Waals surface area contributed by atoms with Crippen LogP contribution in [0.15, 0.2) is 0 Å². The van der Waals surface area contributed by atoms with E-state index >= 15 is 0 Å². The lowest BCUT2D eigenvalue weighted by molar-refractivity contribution is -0.126. The van der Waals surface area contributed by atoms with Crippen molar-refractivity contribution in [3.8, 4) is 0 Å². The molecule has 1 unspecified atom stereocenters. The van der Waals surface area contributed by atoms with Crippen molar-refractivity contribution in [2.24, 2.45) is 5.92 Å². The Bertz CT molecular complexity index is 345. The average molecular weight is 254 g/mol. The molecule has 0 aromatic heterocycles. The van der Waals surface area contributed by atoms with E-state index in [1.165, 1.54) is 0 Å². The van der Waals surface area contributed by atoms with Crippen LogP contribution in [0, 0.1) is 5.92 Å². The van der Waals surface area contributed by atoms with Crippen LogP contribution in [0.1, 0.15) is 33.6 Å². The Labute approximate surface area is 108 Å². The highest BCUT2D eigenvalue weighted by Crippen LogP contribution is 2.32. The van der Waals surface area contributed by atoms with E-state index in [-0.39, 0.29) is 23.8 Å². The van der Waals surface area contributed by atoms with Gasteiger partial charge in [-0.15, -0.1) is 0 Å². The molecule has 0 aromatic rings. The quantitative estimate of drug-likeness (QED) is 0.803. The van der Waals surface area contributed by atoms with Gasteiger partial charge in [0, 0.05) is 25.6 Å². The van der Waals surface area contributed by atoms with Crippen molar-refractivity contribution in [3.63, 3.8) is 0 Å². The number of hydrogen-bond acceptors (Lipinski definition) is 4. The molecular formula is C13H22N2O3. The van der Waals surface area contributed by atoms with Gasteiger partial charge in [-0.25, -0.2) is 4.79 Å². The molecule has 1 saturated heterocycles. The van der Waals surface area contributed by atoms with Crippen LogP contribution in [0.3, 0.4) is 0 Å². The van der Waals surface area contributed by atoms with Crippen molar-refractivity contribution in [2.75, 3.05) is 19.6 Å². The standard InChI is InChI=1S/C13H22N2O3/c1-13(2,3)18-12(17)15-7-6-14-8-10(15)11(16)9-4-5-9/h9-10,14H,4-8H2,1-3H3. The predicted molar refractivity (Wildman–Crippen MR) is 67.3 cm³/mol. The first-order valence-corrected chi connectivity index (χ1v) is 6.62. The molecule has 1 saturated carbocycles. The van der Waals surface area contributed by atoms with Gasteiger partial charge in [0.15, 0.2) is 5.78 Å².